The fourth-order valence-electron chi connectivity index (χ4n) is 1.97. The number of hydrogen-bond donors (Lipinski definition) is 1. The quantitative estimate of drug-likeness (QED) is 0.888. The minimum Gasteiger partial charge on any atom is -0.489 e. The Morgan fingerprint density at radius 1 is 1.44 bits per heavy atom. The normalized spacial score (nSPS) is 17.1. The lowest BCUT2D eigenvalue weighted by Gasteiger charge is -2.18. The van der Waals surface area contributed by atoms with Crippen LogP contribution in [0.3, 0.4) is 0 Å². The topological polar surface area (TPSA) is 78.6 Å². The van der Waals surface area contributed by atoms with E-state index in [4.69, 9.17) is 14.6 Å². The van der Waals surface area contributed by atoms with E-state index in [0.717, 1.165) is 12.0 Å². The zero-order valence-corrected chi connectivity index (χ0v) is 11.3. The van der Waals surface area contributed by atoms with Crippen molar-refractivity contribution in [1.29, 1.82) is 0 Å². The highest BCUT2D eigenvalue weighted by molar-refractivity contribution is 7.89. The molecule has 1 aromatic rings. The average Bonchev–Trinajstić information content (AvgIpc) is 2.51. The van der Waals surface area contributed by atoms with E-state index in [-0.39, 0.29) is 18.0 Å². The van der Waals surface area contributed by atoms with Crippen LogP contribution in [0.25, 0.3) is 0 Å². The lowest BCUT2D eigenvalue weighted by atomic mass is 10.0. The first kappa shape index (κ1) is 13.2. The van der Waals surface area contributed by atoms with E-state index >= 15 is 0 Å². The lowest BCUT2D eigenvalue weighted by Crippen LogP contribution is -2.25. The monoisotopic (exact) mass is 271 g/mol. The Morgan fingerprint density at radius 2 is 2.17 bits per heavy atom. The average molecular weight is 271 g/mol. The molecular formula is C12H17NO4S. The van der Waals surface area contributed by atoms with Crippen molar-refractivity contribution < 1.29 is 17.9 Å². The first-order valence-electron chi connectivity index (χ1n) is 5.71. The van der Waals surface area contributed by atoms with Crippen molar-refractivity contribution in [2.75, 3.05) is 12.4 Å². The van der Waals surface area contributed by atoms with E-state index in [1.165, 1.54) is 0 Å². The number of rotatable bonds is 4. The van der Waals surface area contributed by atoms with Crippen molar-refractivity contribution in [2.24, 2.45) is 5.14 Å². The second kappa shape index (κ2) is 4.44. The highest BCUT2D eigenvalue weighted by atomic mass is 32.2. The van der Waals surface area contributed by atoms with E-state index in [9.17, 15) is 8.42 Å². The maximum absolute atomic E-state index is 10.8. The van der Waals surface area contributed by atoms with Crippen LogP contribution in [0.4, 0.5) is 0 Å². The van der Waals surface area contributed by atoms with E-state index in [1.54, 1.807) is 6.07 Å². The van der Waals surface area contributed by atoms with Crippen molar-refractivity contribution in [3.63, 3.8) is 0 Å². The number of ether oxygens (including phenoxy) is 2. The van der Waals surface area contributed by atoms with Gasteiger partial charge in [-0.15, -0.1) is 0 Å². The van der Waals surface area contributed by atoms with Crippen LogP contribution in [0.2, 0.25) is 0 Å². The number of para-hydroxylation sites is 1. The second-order valence-electron chi connectivity index (χ2n) is 5.00. The Hall–Kier alpha value is -1.27. The summed E-state index contributed by atoms with van der Waals surface area (Å²) in [4.78, 5) is 0. The smallest absolute Gasteiger partial charge is 0.212 e. The molecule has 1 aliphatic heterocycles. The summed E-state index contributed by atoms with van der Waals surface area (Å²) in [7, 11) is -3.50. The maximum Gasteiger partial charge on any atom is 0.212 e. The van der Waals surface area contributed by atoms with E-state index in [1.807, 2.05) is 26.0 Å². The molecule has 0 aromatic heterocycles. The van der Waals surface area contributed by atoms with Gasteiger partial charge in [-0.3, -0.25) is 0 Å². The summed E-state index contributed by atoms with van der Waals surface area (Å²) in [5, 5.41) is 4.92. The molecule has 18 heavy (non-hydrogen) atoms. The zero-order valence-electron chi connectivity index (χ0n) is 10.5. The summed E-state index contributed by atoms with van der Waals surface area (Å²) in [5.74, 6) is 1.07. The Bertz CT molecular complexity index is 551. The molecule has 0 atom stereocenters. The van der Waals surface area contributed by atoms with Crippen LogP contribution in [-0.4, -0.2) is 26.4 Å². The Labute approximate surface area is 107 Å². The molecule has 2 rings (SSSR count). The summed E-state index contributed by atoms with van der Waals surface area (Å²) < 4.78 is 32.9. The molecule has 0 saturated carbocycles. The molecule has 2 N–H and O–H groups in total. The largest absolute Gasteiger partial charge is 0.489 e. The molecule has 0 aliphatic carbocycles. The van der Waals surface area contributed by atoms with Gasteiger partial charge >= 0.3 is 0 Å². The van der Waals surface area contributed by atoms with Gasteiger partial charge in [-0.05, 0) is 19.9 Å². The minimum atomic E-state index is -3.50. The maximum atomic E-state index is 10.8. The van der Waals surface area contributed by atoms with Crippen molar-refractivity contribution in [1.82, 2.24) is 0 Å². The lowest BCUT2D eigenvalue weighted by molar-refractivity contribution is 0.132. The van der Waals surface area contributed by atoms with Gasteiger partial charge in [0.2, 0.25) is 10.0 Å². The summed E-state index contributed by atoms with van der Waals surface area (Å²) in [6, 6.07) is 5.62. The molecule has 1 aromatic carbocycles. The van der Waals surface area contributed by atoms with Gasteiger partial charge in [0.05, 0.1) is 5.75 Å². The van der Waals surface area contributed by atoms with Crippen molar-refractivity contribution in [3.05, 3.63) is 23.8 Å². The molecule has 1 aliphatic rings. The third-order valence-electron chi connectivity index (χ3n) is 2.68. The molecule has 6 heteroatoms. The van der Waals surface area contributed by atoms with Crippen LogP contribution in [0.15, 0.2) is 18.2 Å². The van der Waals surface area contributed by atoms with Crippen LogP contribution >= 0.6 is 0 Å². The molecule has 5 nitrogen and oxygen atoms in total. The number of benzene rings is 1. The zero-order chi connectivity index (χ0) is 13.4. The van der Waals surface area contributed by atoms with Crippen molar-refractivity contribution in [3.8, 4) is 11.5 Å². The third-order valence-corrected chi connectivity index (χ3v) is 3.42. The molecule has 0 bridgehead atoms. The van der Waals surface area contributed by atoms with E-state index < -0.39 is 10.0 Å². The first-order chi connectivity index (χ1) is 8.27. The van der Waals surface area contributed by atoms with Gasteiger partial charge in [0, 0.05) is 12.0 Å². The summed E-state index contributed by atoms with van der Waals surface area (Å²) in [6.07, 6.45) is 0.814. The number of sulfonamides is 1. The van der Waals surface area contributed by atoms with Gasteiger partial charge in [0.1, 0.15) is 12.2 Å². The van der Waals surface area contributed by atoms with Gasteiger partial charge < -0.3 is 9.47 Å². The molecule has 0 fully saturated rings. The SMILES string of the molecule is CC1(C)Cc2cccc(OCCS(N)(=O)=O)c2O1. The molecule has 100 valence electrons. The molecule has 0 spiro atoms. The third kappa shape index (κ3) is 3.14. The molecule has 0 saturated heterocycles. The van der Waals surface area contributed by atoms with Crippen LogP contribution in [0.1, 0.15) is 19.4 Å². The number of fused-ring (bicyclic) bond motifs is 1. The van der Waals surface area contributed by atoms with E-state index in [2.05, 4.69) is 0 Å². The summed E-state index contributed by atoms with van der Waals surface area (Å²) in [6.45, 7) is 4.03. The summed E-state index contributed by atoms with van der Waals surface area (Å²) >= 11 is 0. The van der Waals surface area contributed by atoms with Gasteiger partial charge in [0.25, 0.3) is 0 Å². The highest BCUT2D eigenvalue weighted by Gasteiger charge is 2.32. The van der Waals surface area contributed by atoms with Crippen LogP contribution < -0.4 is 14.6 Å². The van der Waals surface area contributed by atoms with Gasteiger partial charge in [-0.1, -0.05) is 12.1 Å². The second-order valence-corrected chi connectivity index (χ2v) is 6.73. The summed E-state index contributed by atoms with van der Waals surface area (Å²) in [5.41, 5.74) is 0.829. The number of nitrogens with two attached hydrogens (primary N) is 1. The first-order valence-corrected chi connectivity index (χ1v) is 7.43. The minimum absolute atomic E-state index is 0.0269. The Kier molecular flexibility index (Phi) is 3.25. The van der Waals surface area contributed by atoms with Gasteiger partial charge in [0.15, 0.2) is 11.5 Å². The number of primary sulfonamides is 1. The van der Waals surface area contributed by atoms with Gasteiger partial charge in [-0.2, -0.15) is 0 Å². The fraction of sp³-hybridized carbons (Fsp3) is 0.500. The molecule has 0 unspecified atom stereocenters. The van der Waals surface area contributed by atoms with Crippen molar-refractivity contribution in [2.45, 2.75) is 25.9 Å². The molecule has 0 amide bonds. The Balaban J connectivity index is 2.10. The van der Waals surface area contributed by atoms with Crippen molar-refractivity contribution >= 4 is 10.0 Å². The Morgan fingerprint density at radius 3 is 2.83 bits per heavy atom. The molecular weight excluding hydrogens is 254 g/mol. The fourth-order valence-corrected chi connectivity index (χ4v) is 2.28. The van der Waals surface area contributed by atoms with E-state index in [0.29, 0.717) is 11.5 Å². The van der Waals surface area contributed by atoms with Crippen LogP contribution in [0, 0.1) is 0 Å². The van der Waals surface area contributed by atoms with Crippen LogP contribution in [0.5, 0.6) is 11.5 Å². The van der Waals surface area contributed by atoms with Gasteiger partial charge in [-0.25, -0.2) is 13.6 Å². The predicted octanol–water partition coefficient (Wildman–Crippen LogP) is 1.07. The molecule has 0 radical (unpaired) electrons. The molecule has 1 heterocycles. The predicted molar refractivity (Wildman–Crippen MR) is 68.3 cm³/mol. The highest BCUT2D eigenvalue weighted by Crippen LogP contribution is 2.41. The standard InChI is InChI=1S/C12H17NO4S/c1-12(2)8-9-4-3-5-10(11(9)17-12)16-6-7-18(13,14)15/h3-5H,6-8H2,1-2H3,(H2,13,14,15). The van der Waals surface area contributed by atoms with Crippen LogP contribution in [-0.2, 0) is 16.4 Å². The number of hydrogen-bond acceptors (Lipinski definition) is 4.